The average molecular weight is 265 g/mol. The van der Waals surface area contributed by atoms with Crippen LogP contribution < -0.4 is 5.32 Å². The molecule has 2 atom stereocenters. The summed E-state index contributed by atoms with van der Waals surface area (Å²) in [5.41, 5.74) is 2.22. The highest BCUT2D eigenvalue weighted by atomic mass is 16.1. The lowest BCUT2D eigenvalue weighted by molar-refractivity contribution is -0.119. The third-order valence-electron chi connectivity index (χ3n) is 3.31. The van der Waals surface area contributed by atoms with Crippen LogP contribution in [0.25, 0.3) is 0 Å². The molecule has 1 N–H and O–H groups in total. The Kier molecular flexibility index (Phi) is 4.72. The third-order valence-corrected chi connectivity index (χ3v) is 3.31. The summed E-state index contributed by atoms with van der Waals surface area (Å²) in [6, 6.07) is 20.0. The van der Waals surface area contributed by atoms with Crippen molar-refractivity contribution in [2.45, 2.75) is 18.9 Å². The quantitative estimate of drug-likeness (QED) is 0.818. The number of benzene rings is 2. The summed E-state index contributed by atoms with van der Waals surface area (Å²) in [4.78, 5) is 11.5. The van der Waals surface area contributed by atoms with Crippen molar-refractivity contribution in [1.29, 1.82) is 0 Å². The molecule has 102 valence electrons. The summed E-state index contributed by atoms with van der Waals surface area (Å²) in [5.74, 6) is 0.00383. The van der Waals surface area contributed by atoms with Crippen LogP contribution >= 0.6 is 0 Å². The van der Waals surface area contributed by atoms with Crippen LogP contribution in [-0.2, 0) is 4.79 Å². The van der Waals surface area contributed by atoms with E-state index in [-0.39, 0.29) is 17.9 Å². The summed E-state index contributed by atoms with van der Waals surface area (Å²) in [6.45, 7) is 5.48. The number of amides is 1. The van der Waals surface area contributed by atoms with Gasteiger partial charge >= 0.3 is 0 Å². The van der Waals surface area contributed by atoms with Gasteiger partial charge in [0.05, 0.1) is 6.04 Å². The van der Waals surface area contributed by atoms with Crippen molar-refractivity contribution in [3.05, 3.63) is 84.4 Å². The lowest BCUT2D eigenvalue weighted by atomic mass is 9.87. The van der Waals surface area contributed by atoms with Crippen LogP contribution in [0.3, 0.4) is 0 Å². The highest BCUT2D eigenvalue weighted by Crippen LogP contribution is 2.31. The Bertz CT molecular complexity index is 562. The Balaban J connectivity index is 2.39. The Labute approximate surface area is 120 Å². The molecule has 0 aliphatic carbocycles. The van der Waals surface area contributed by atoms with E-state index in [1.165, 1.54) is 0 Å². The molecule has 1 amide bonds. The van der Waals surface area contributed by atoms with Gasteiger partial charge in [0, 0.05) is 12.8 Å². The van der Waals surface area contributed by atoms with Crippen LogP contribution in [0.2, 0.25) is 0 Å². The molecule has 0 saturated heterocycles. The van der Waals surface area contributed by atoms with Crippen molar-refractivity contribution in [1.82, 2.24) is 5.32 Å². The molecular weight excluding hydrogens is 246 g/mol. The molecule has 0 spiro atoms. The monoisotopic (exact) mass is 265 g/mol. The van der Waals surface area contributed by atoms with Crippen LogP contribution in [0.1, 0.15) is 30.0 Å². The summed E-state index contributed by atoms with van der Waals surface area (Å²) < 4.78 is 0. The first-order valence-corrected chi connectivity index (χ1v) is 6.72. The maximum atomic E-state index is 11.5. The van der Waals surface area contributed by atoms with Gasteiger partial charge in [0.1, 0.15) is 0 Å². The molecule has 0 aromatic heterocycles. The van der Waals surface area contributed by atoms with Crippen LogP contribution in [0.5, 0.6) is 0 Å². The molecule has 0 radical (unpaired) electrons. The molecule has 0 bridgehead atoms. The Morgan fingerprint density at radius 2 is 1.50 bits per heavy atom. The molecule has 0 heterocycles. The second-order valence-corrected chi connectivity index (χ2v) is 4.76. The van der Waals surface area contributed by atoms with Gasteiger partial charge in [-0.2, -0.15) is 0 Å². The zero-order valence-electron chi connectivity index (χ0n) is 11.6. The van der Waals surface area contributed by atoms with Gasteiger partial charge in [-0.3, -0.25) is 4.79 Å². The smallest absolute Gasteiger partial charge is 0.217 e. The SMILES string of the molecule is C=C[C@H](c1ccccc1)[C@@H](NC(C)=O)c1ccccc1. The van der Waals surface area contributed by atoms with Gasteiger partial charge in [0.15, 0.2) is 0 Å². The van der Waals surface area contributed by atoms with E-state index < -0.39 is 0 Å². The minimum atomic E-state index is -0.103. The maximum Gasteiger partial charge on any atom is 0.217 e. The lowest BCUT2D eigenvalue weighted by Gasteiger charge is -2.26. The van der Waals surface area contributed by atoms with Crippen molar-refractivity contribution < 1.29 is 4.79 Å². The van der Waals surface area contributed by atoms with Gasteiger partial charge in [-0.25, -0.2) is 0 Å². The molecule has 2 heteroatoms. The Hall–Kier alpha value is -2.35. The second kappa shape index (κ2) is 6.71. The van der Waals surface area contributed by atoms with E-state index in [0.717, 1.165) is 11.1 Å². The van der Waals surface area contributed by atoms with Gasteiger partial charge in [-0.05, 0) is 11.1 Å². The molecule has 0 aliphatic rings. The highest BCUT2D eigenvalue weighted by molar-refractivity contribution is 5.73. The average Bonchev–Trinajstić information content (AvgIpc) is 2.49. The van der Waals surface area contributed by atoms with E-state index in [9.17, 15) is 4.79 Å². The summed E-state index contributed by atoms with van der Waals surface area (Å²) in [7, 11) is 0. The maximum absolute atomic E-state index is 11.5. The number of hydrogen-bond donors (Lipinski definition) is 1. The van der Waals surface area contributed by atoms with Gasteiger partial charge in [-0.1, -0.05) is 66.7 Å². The van der Waals surface area contributed by atoms with Gasteiger partial charge < -0.3 is 5.32 Å². The minimum Gasteiger partial charge on any atom is -0.349 e. The van der Waals surface area contributed by atoms with Gasteiger partial charge in [0.25, 0.3) is 0 Å². The predicted octanol–water partition coefficient (Wildman–Crippen LogP) is 3.83. The Morgan fingerprint density at radius 3 is 1.95 bits per heavy atom. The van der Waals surface area contributed by atoms with E-state index in [2.05, 4.69) is 24.0 Å². The first kappa shape index (κ1) is 14.1. The van der Waals surface area contributed by atoms with E-state index in [1.54, 1.807) is 6.92 Å². The number of hydrogen-bond acceptors (Lipinski definition) is 1. The number of carbonyl (C=O) groups excluding carboxylic acids is 1. The molecule has 2 aromatic rings. The predicted molar refractivity (Wildman–Crippen MR) is 82.4 cm³/mol. The largest absolute Gasteiger partial charge is 0.349 e. The van der Waals surface area contributed by atoms with Crippen LogP contribution in [0.15, 0.2) is 73.3 Å². The molecule has 0 unspecified atom stereocenters. The van der Waals surface area contributed by atoms with Crippen molar-refractivity contribution in [2.24, 2.45) is 0 Å². The van der Waals surface area contributed by atoms with Crippen LogP contribution in [-0.4, -0.2) is 5.91 Å². The zero-order chi connectivity index (χ0) is 14.4. The summed E-state index contributed by atoms with van der Waals surface area (Å²) in [5, 5.41) is 3.04. The second-order valence-electron chi connectivity index (χ2n) is 4.76. The van der Waals surface area contributed by atoms with E-state index in [1.807, 2.05) is 54.6 Å². The van der Waals surface area contributed by atoms with Gasteiger partial charge in [-0.15, -0.1) is 6.58 Å². The fourth-order valence-corrected chi connectivity index (χ4v) is 2.40. The molecule has 0 aliphatic heterocycles. The summed E-state index contributed by atoms with van der Waals surface area (Å²) >= 11 is 0. The third kappa shape index (κ3) is 3.35. The Morgan fingerprint density at radius 1 is 1.00 bits per heavy atom. The minimum absolute atomic E-state index is 0.0402. The normalized spacial score (nSPS) is 13.2. The zero-order valence-corrected chi connectivity index (χ0v) is 11.6. The lowest BCUT2D eigenvalue weighted by Crippen LogP contribution is -2.30. The molecule has 2 rings (SSSR count). The molecule has 0 saturated carbocycles. The fraction of sp³-hybridized carbons (Fsp3) is 0.167. The molecular formula is C18H19NO. The van der Waals surface area contributed by atoms with Crippen molar-refractivity contribution >= 4 is 5.91 Å². The molecule has 2 aromatic carbocycles. The molecule has 2 nitrogen and oxygen atoms in total. The first-order chi connectivity index (χ1) is 9.72. The van der Waals surface area contributed by atoms with Crippen molar-refractivity contribution in [2.75, 3.05) is 0 Å². The highest BCUT2D eigenvalue weighted by Gasteiger charge is 2.22. The number of carbonyl (C=O) groups is 1. The molecule has 0 fully saturated rings. The topological polar surface area (TPSA) is 29.1 Å². The first-order valence-electron chi connectivity index (χ1n) is 6.72. The fourth-order valence-electron chi connectivity index (χ4n) is 2.40. The summed E-state index contributed by atoms with van der Waals surface area (Å²) in [6.07, 6.45) is 1.89. The van der Waals surface area contributed by atoms with E-state index in [0.29, 0.717) is 0 Å². The van der Waals surface area contributed by atoms with Crippen molar-refractivity contribution in [3.63, 3.8) is 0 Å². The molecule has 20 heavy (non-hydrogen) atoms. The van der Waals surface area contributed by atoms with Gasteiger partial charge in [0.2, 0.25) is 5.91 Å². The van der Waals surface area contributed by atoms with E-state index >= 15 is 0 Å². The van der Waals surface area contributed by atoms with E-state index in [4.69, 9.17) is 0 Å². The van der Waals surface area contributed by atoms with Crippen LogP contribution in [0, 0.1) is 0 Å². The number of nitrogens with one attached hydrogen (secondary N) is 1. The number of rotatable bonds is 5. The van der Waals surface area contributed by atoms with Crippen LogP contribution in [0.4, 0.5) is 0 Å². The van der Waals surface area contributed by atoms with Crippen molar-refractivity contribution in [3.8, 4) is 0 Å². The standard InChI is InChI=1S/C18H19NO/c1-3-17(15-10-6-4-7-11-15)18(19-14(2)20)16-12-8-5-9-13-16/h3-13,17-18H,1H2,2H3,(H,19,20)/t17-,18+/m1/s1.